The Morgan fingerprint density at radius 3 is 3.07 bits per heavy atom. The fourth-order valence-electron chi connectivity index (χ4n) is 0.967. The first-order chi connectivity index (χ1) is 6.77. The molecule has 0 fully saturated rings. The molecule has 0 aliphatic heterocycles. The number of hydrogen-bond donors (Lipinski definition) is 2. The van der Waals surface area contributed by atoms with Crippen LogP contribution in [0, 0.1) is 11.3 Å². The van der Waals surface area contributed by atoms with Crippen molar-refractivity contribution >= 4 is 11.6 Å². The molecule has 0 bridgehead atoms. The summed E-state index contributed by atoms with van der Waals surface area (Å²) in [7, 11) is 1.86. The number of aromatic nitrogens is 2. The van der Waals surface area contributed by atoms with Crippen molar-refractivity contribution in [3.05, 3.63) is 12.4 Å². The summed E-state index contributed by atoms with van der Waals surface area (Å²) in [6.07, 6.45) is 1.89. The van der Waals surface area contributed by atoms with Crippen LogP contribution in [0.15, 0.2) is 12.4 Å². The summed E-state index contributed by atoms with van der Waals surface area (Å²) in [5.41, 5.74) is 2.44. The van der Waals surface area contributed by atoms with Crippen LogP contribution in [0.3, 0.4) is 0 Å². The van der Waals surface area contributed by atoms with Crippen LogP contribution in [0.1, 0.15) is 6.42 Å². The maximum absolute atomic E-state index is 8.42. The lowest BCUT2D eigenvalue weighted by Crippen LogP contribution is -2.20. The first kappa shape index (κ1) is 10.2. The largest absolute Gasteiger partial charge is 0.358 e. The second-order valence-electron chi connectivity index (χ2n) is 2.74. The van der Waals surface area contributed by atoms with E-state index in [-0.39, 0.29) is 0 Å². The third kappa shape index (κ3) is 2.57. The molecule has 0 aliphatic carbocycles. The minimum atomic E-state index is 0.464. The number of hydrogen-bond acceptors (Lipinski definition) is 6. The van der Waals surface area contributed by atoms with Gasteiger partial charge in [0, 0.05) is 19.7 Å². The molecule has 0 atom stereocenters. The summed E-state index contributed by atoms with van der Waals surface area (Å²) in [6, 6.07) is 3.79. The van der Waals surface area contributed by atoms with E-state index in [4.69, 9.17) is 11.1 Å². The lowest BCUT2D eigenvalue weighted by molar-refractivity contribution is 0.879. The number of nitrogens with zero attached hydrogens (tertiary/aromatic N) is 4. The maximum Gasteiger partial charge on any atom is 0.145 e. The van der Waals surface area contributed by atoms with E-state index in [9.17, 15) is 0 Å². The van der Waals surface area contributed by atoms with Crippen LogP contribution >= 0.6 is 0 Å². The Kier molecular flexibility index (Phi) is 3.64. The molecule has 0 aromatic carbocycles. The van der Waals surface area contributed by atoms with Crippen molar-refractivity contribution in [2.45, 2.75) is 6.42 Å². The van der Waals surface area contributed by atoms with Gasteiger partial charge in [-0.05, 0) is 0 Å². The van der Waals surface area contributed by atoms with E-state index in [1.165, 1.54) is 6.33 Å². The Morgan fingerprint density at radius 1 is 1.64 bits per heavy atom. The van der Waals surface area contributed by atoms with Crippen molar-refractivity contribution in [1.82, 2.24) is 9.97 Å². The molecule has 6 nitrogen and oxygen atoms in total. The van der Waals surface area contributed by atoms with Crippen LogP contribution < -0.4 is 16.2 Å². The van der Waals surface area contributed by atoms with E-state index in [1.54, 1.807) is 6.07 Å². The Morgan fingerprint density at radius 2 is 2.43 bits per heavy atom. The molecule has 1 rings (SSSR count). The van der Waals surface area contributed by atoms with Crippen LogP contribution in [0.4, 0.5) is 11.6 Å². The molecular weight excluding hydrogens is 180 g/mol. The van der Waals surface area contributed by atoms with Crippen molar-refractivity contribution in [2.75, 3.05) is 23.9 Å². The van der Waals surface area contributed by atoms with Crippen LogP contribution in [0.5, 0.6) is 0 Å². The van der Waals surface area contributed by atoms with Crippen LogP contribution in [-0.2, 0) is 0 Å². The zero-order valence-electron chi connectivity index (χ0n) is 7.94. The molecule has 1 heterocycles. The monoisotopic (exact) mass is 192 g/mol. The average molecular weight is 192 g/mol. The van der Waals surface area contributed by atoms with Gasteiger partial charge in [-0.3, -0.25) is 0 Å². The minimum Gasteiger partial charge on any atom is -0.358 e. The summed E-state index contributed by atoms with van der Waals surface area (Å²) < 4.78 is 0. The molecular formula is C8H12N6. The fourth-order valence-corrected chi connectivity index (χ4v) is 0.967. The summed E-state index contributed by atoms with van der Waals surface area (Å²) in [4.78, 5) is 9.80. The molecule has 0 spiro atoms. The Labute approximate surface area is 82.3 Å². The van der Waals surface area contributed by atoms with Crippen LogP contribution in [0.25, 0.3) is 0 Å². The molecule has 6 heteroatoms. The van der Waals surface area contributed by atoms with E-state index >= 15 is 0 Å². The van der Waals surface area contributed by atoms with Gasteiger partial charge in [0.25, 0.3) is 0 Å². The van der Waals surface area contributed by atoms with Gasteiger partial charge in [0.15, 0.2) is 0 Å². The van der Waals surface area contributed by atoms with Gasteiger partial charge in [0.05, 0.1) is 12.5 Å². The maximum atomic E-state index is 8.42. The lowest BCUT2D eigenvalue weighted by atomic mass is 10.4. The zero-order chi connectivity index (χ0) is 10.4. The van der Waals surface area contributed by atoms with E-state index in [1.807, 2.05) is 11.9 Å². The molecule has 3 N–H and O–H groups in total. The Bertz CT molecular complexity index is 331. The third-order valence-corrected chi connectivity index (χ3v) is 1.75. The fraction of sp³-hybridized carbons (Fsp3) is 0.375. The molecule has 0 radical (unpaired) electrons. The third-order valence-electron chi connectivity index (χ3n) is 1.75. The van der Waals surface area contributed by atoms with Crippen LogP contribution in [0.2, 0.25) is 0 Å². The van der Waals surface area contributed by atoms with Crippen molar-refractivity contribution in [2.24, 2.45) is 5.84 Å². The summed E-state index contributed by atoms with van der Waals surface area (Å²) in [5, 5.41) is 8.42. The molecule has 1 aromatic heterocycles. The highest BCUT2D eigenvalue weighted by molar-refractivity contribution is 5.47. The summed E-state index contributed by atoms with van der Waals surface area (Å²) in [5.74, 6) is 6.50. The van der Waals surface area contributed by atoms with E-state index in [0.717, 1.165) is 5.82 Å². The number of nitrogens with one attached hydrogen (secondary N) is 1. The van der Waals surface area contributed by atoms with Gasteiger partial charge in [0.1, 0.15) is 18.0 Å². The second-order valence-corrected chi connectivity index (χ2v) is 2.74. The van der Waals surface area contributed by atoms with Gasteiger partial charge >= 0.3 is 0 Å². The molecule has 74 valence electrons. The molecule has 0 saturated carbocycles. The highest BCUT2D eigenvalue weighted by Gasteiger charge is 2.02. The van der Waals surface area contributed by atoms with Crippen molar-refractivity contribution < 1.29 is 0 Å². The van der Waals surface area contributed by atoms with Gasteiger partial charge < -0.3 is 10.3 Å². The number of nitrogens with two attached hydrogens (primary N) is 1. The topological polar surface area (TPSA) is 90.9 Å². The predicted molar refractivity (Wildman–Crippen MR) is 53.3 cm³/mol. The molecule has 0 unspecified atom stereocenters. The molecule has 0 saturated heterocycles. The highest BCUT2D eigenvalue weighted by atomic mass is 15.3. The number of nitriles is 1. The van der Waals surface area contributed by atoms with Gasteiger partial charge in [-0.1, -0.05) is 0 Å². The van der Waals surface area contributed by atoms with Crippen molar-refractivity contribution in [3.63, 3.8) is 0 Å². The number of nitrogen functional groups attached to an aromatic ring is 1. The average Bonchev–Trinajstić information content (AvgIpc) is 2.26. The number of hydrazine groups is 1. The number of anilines is 2. The molecule has 14 heavy (non-hydrogen) atoms. The second kappa shape index (κ2) is 4.99. The van der Waals surface area contributed by atoms with E-state index in [2.05, 4.69) is 21.5 Å². The van der Waals surface area contributed by atoms with Gasteiger partial charge in [-0.2, -0.15) is 5.26 Å². The molecule has 0 amide bonds. The SMILES string of the molecule is CN(CCC#N)c1cc(NN)ncn1. The smallest absolute Gasteiger partial charge is 0.145 e. The molecule has 1 aromatic rings. The van der Waals surface area contributed by atoms with E-state index in [0.29, 0.717) is 18.8 Å². The van der Waals surface area contributed by atoms with Crippen molar-refractivity contribution in [3.8, 4) is 6.07 Å². The van der Waals surface area contributed by atoms with E-state index < -0.39 is 0 Å². The predicted octanol–water partition coefficient (Wildman–Crippen LogP) is 0.112. The summed E-state index contributed by atoms with van der Waals surface area (Å²) in [6.45, 7) is 0.636. The highest BCUT2D eigenvalue weighted by Crippen LogP contribution is 2.11. The van der Waals surface area contributed by atoms with Gasteiger partial charge in [-0.25, -0.2) is 15.8 Å². The van der Waals surface area contributed by atoms with Crippen LogP contribution in [-0.4, -0.2) is 23.6 Å². The molecule has 0 aliphatic rings. The van der Waals surface area contributed by atoms with Gasteiger partial charge in [0.2, 0.25) is 0 Å². The quantitative estimate of drug-likeness (QED) is 0.519. The number of rotatable bonds is 4. The van der Waals surface area contributed by atoms with Gasteiger partial charge in [-0.15, -0.1) is 0 Å². The lowest BCUT2D eigenvalue weighted by Gasteiger charge is -2.16. The zero-order valence-corrected chi connectivity index (χ0v) is 7.94. The normalized spacial score (nSPS) is 9.21. The first-order valence-corrected chi connectivity index (χ1v) is 4.14. The Balaban J connectivity index is 2.70. The summed E-state index contributed by atoms with van der Waals surface area (Å²) >= 11 is 0. The van der Waals surface area contributed by atoms with Crippen molar-refractivity contribution in [1.29, 1.82) is 5.26 Å². The standard InChI is InChI=1S/C8H12N6/c1-14(4-2-3-9)8-5-7(13-10)11-6-12-8/h5-6H,2,4,10H2,1H3,(H,11,12,13). The Hall–Kier alpha value is -1.87. The minimum absolute atomic E-state index is 0.464. The first-order valence-electron chi connectivity index (χ1n) is 4.14.